The van der Waals surface area contributed by atoms with E-state index >= 15 is 0 Å². The summed E-state index contributed by atoms with van der Waals surface area (Å²) in [6, 6.07) is -0.111. The fraction of sp³-hybridized carbons (Fsp3) is 0.759. The Morgan fingerprint density at radius 1 is 0.872 bits per heavy atom. The molecule has 4 atom stereocenters. The lowest BCUT2D eigenvalue weighted by Crippen LogP contribution is -2.57. The summed E-state index contributed by atoms with van der Waals surface area (Å²) >= 11 is 0. The topological polar surface area (TPSA) is 112 Å². The van der Waals surface area contributed by atoms with Gasteiger partial charge in [0.2, 0.25) is 5.91 Å². The Kier molecular flexibility index (Phi) is 10.3. The van der Waals surface area contributed by atoms with Gasteiger partial charge in [-0.05, 0) is 45.6 Å². The summed E-state index contributed by atoms with van der Waals surface area (Å²) in [7, 11) is 0. The second kappa shape index (κ2) is 13.1. The SMILES string of the molecule is Cc1cc(C(C(=O)NC2CCCCC2)N2C[C@]3(C(F)(F)F)CN(C(=O)[C@@H]4CCCO4)C[C@]3(C(F)(F)F)C2)c(C)o1.O=C(O)C(F)(F)F. The summed E-state index contributed by atoms with van der Waals surface area (Å²) in [5.41, 5.74) is -6.39. The molecule has 1 aromatic heterocycles. The van der Waals surface area contributed by atoms with Gasteiger partial charge in [0, 0.05) is 44.4 Å². The number of carbonyl (C=O) groups is 3. The Morgan fingerprint density at radius 3 is 1.81 bits per heavy atom. The number of halogens is 9. The van der Waals surface area contributed by atoms with Crippen LogP contribution in [0.3, 0.4) is 0 Å². The minimum Gasteiger partial charge on any atom is -0.475 e. The normalized spacial score (nSPS) is 28.1. The number of nitrogens with one attached hydrogen (secondary N) is 1. The number of hydrogen-bond acceptors (Lipinski definition) is 6. The Balaban J connectivity index is 0.000000644. The van der Waals surface area contributed by atoms with E-state index in [2.05, 4.69) is 5.32 Å². The molecule has 0 bridgehead atoms. The van der Waals surface area contributed by atoms with E-state index in [9.17, 15) is 49.1 Å². The summed E-state index contributed by atoms with van der Waals surface area (Å²) in [6.45, 7) is -1.09. The standard InChI is InChI=1S/C27H35F6N3O4.C2HF3O2/c1-16-11-19(17(2)40-16)21(22(37)34-18-7-4-3-5-8-18)35-12-24(26(28,29)30)14-36(23(38)20-9-6-10-39-20)15-25(24,13-35)27(31,32)33;3-2(4,5)1(6)7/h11,18,20-21H,3-10,12-15H2,1-2H3,(H,34,37);(H,6,7)/t20-,21?,24-,25+;/m0./s1. The van der Waals surface area contributed by atoms with Crippen LogP contribution >= 0.6 is 0 Å². The van der Waals surface area contributed by atoms with Crippen molar-refractivity contribution >= 4 is 17.8 Å². The van der Waals surface area contributed by atoms with Gasteiger partial charge in [0.25, 0.3) is 5.91 Å². The fourth-order valence-electron chi connectivity index (χ4n) is 7.33. The Bertz CT molecular complexity index is 1290. The summed E-state index contributed by atoms with van der Waals surface area (Å²) < 4.78 is 132. The molecule has 1 aromatic rings. The van der Waals surface area contributed by atoms with Crippen molar-refractivity contribution in [3.63, 3.8) is 0 Å². The molecule has 5 rings (SSSR count). The van der Waals surface area contributed by atoms with Crippen molar-refractivity contribution in [2.75, 3.05) is 32.8 Å². The number of ether oxygens (including phenoxy) is 1. The van der Waals surface area contributed by atoms with E-state index in [0.29, 0.717) is 29.9 Å². The van der Waals surface area contributed by atoms with Crippen LogP contribution in [0.15, 0.2) is 10.5 Å². The third-order valence-corrected chi connectivity index (χ3v) is 9.57. The van der Waals surface area contributed by atoms with Crippen molar-refractivity contribution in [1.82, 2.24) is 15.1 Å². The van der Waals surface area contributed by atoms with Crippen LogP contribution in [0.5, 0.6) is 0 Å². The number of nitrogens with zero attached hydrogens (tertiary/aromatic N) is 2. The monoisotopic (exact) mass is 693 g/mol. The maximum Gasteiger partial charge on any atom is 0.490 e. The highest BCUT2D eigenvalue weighted by molar-refractivity contribution is 5.84. The molecule has 1 unspecified atom stereocenters. The Hall–Kier alpha value is -3.02. The van der Waals surface area contributed by atoms with Crippen LogP contribution in [-0.4, -0.2) is 96.2 Å². The number of carboxylic acids is 1. The zero-order valence-corrected chi connectivity index (χ0v) is 25.6. The van der Waals surface area contributed by atoms with Gasteiger partial charge >= 0.3 is 24.5 Å². The molecule has 3 aliphatic heterocycles. The van der Waals surface area contributed by atoms with Gasteiger partial charge in [0.15, 0.2) is 0 Å². The minimum atomic E-state index is -5.31. The average molecular weight is 694 g/mol. The second-order valence-corrected chi connectivity index (χ2v) is 12.7. The first kappa shape index (κ1) is 36.8. The molecule has 4 fully saturated rings. The predicted octanol–water partition coefficient (Wildman–Crippen LogP) is 5.45. The Labute approximate surface area is 263 Å². The van der Waals surface area contributed by atoms with Crippen molar-refractivity contribution in [2.24, 2.45) is 10.8 Å². The van der Waals surface area contributed by atoms with Gasteiger partial charge in [-0.25, -0.2) is 4.79 Å². The Morgan fingerprint density at radius 2 is 1.40 bits per heavy atom. The highest BCUT2D eigenvalue weighted by Gasteiger charge is 2.83. The van der Waals surface area contributed by atoms with Gasteiger partial charge in [-0.1, -0.05) is 19.3 Å². The van der Waals surface area contributed by atoms with Crippen LogP contribution in [0.25, 0.3) is 0 Å². The van der Waals surface area contributed by atoms with E-state index in [1.807, 2.05) is 0 Å². The van der Waals surface area contributed by atoms with E-state index < -0.39 is 85.5 Å². The molecule has 47 heavy (non-hydrogen) atoms. The predicted molar refractivity (Wildman–Crippen MR) is 144 cm³/mol. The lowest BCUT2D eigenvalue weighted by atomic mass is 9.67. The molecule has 0 spiro atoms. The molecule has 3 saturated heterocycles. The van der Waals surface area contributed by atoms with E-state index in [0.717, 1.165) is 24.2 Å². The summed E-state index contributed by atoms with van der Waals surface area (Å²) in [5, 5.41) is 10.0. The number of amides is 2. The largest absolute Gasteiger partial charge is 0.490 e. The van der Waals surface area contributed by atoms with Crippen molar-refractivity contribution in [2.45, 2.75) is 95.5 Å². The molecule has 2 amide bonds. The van der Waals surface area contributed by atoms with Crippen molar-refractivity contribution in [3.8, 4) is 0 Å². The molecule has 266 valence electrons. The number of alkyl halides is 9. The van der Waals surface area contributed by atoms with E-state index in [-0.39, 0.29) is 30.4 Å². The van der Waals surface area contributed by atoms with Gasteiger partial charge in [0.05, 0.1) is 0 Å². The first-order chi connectivity index (χ1) is 21.6. The van der Waals surface area contributed by atoms with Crippen LogP contribution in [0.2, 0.25) is 0 Å². The van der Waals surface area contributed by atoms with Gasteiger partial charge in [0.1, 0.15) is 34.5 Å². The maximum atomic E-state index is 15.0. The molecule has 0 radical (unpaired) electrons. The number of fused-ring (bicyclic) bond motifs is 1. The molecule has 1 aliphatic carbocycles. The van der Waals surface area contributed by atoms with E-state index in [4.69, 9.17) is 19.1 Å². The molecule has 1 saturated carbocycles. The minimum absolute atomic E-state index is 0.202. The quantitative estimate of drug-likeness (QED) is 0.395. The number of furan rings is 1. The molecule has 9 nitrogen and oxygen atoms in total. The number of aryl methyl sites for hydroxylation is 2. The molecule has 4 heterocycles. The van der Waals surface area contributed by atoms with Crippen LogP contribution in [0.1, 0.15) is 68.1 Å². The molecular weight excluding hydrogens is 657 g/mol. The van der Waals surface area contributed by atoms with E-state index in [1.54, 1.807) is 13.8 Å². The van der Waals surface area contributed by atoms with Crippen LogP contribution in [0, 0.1) is 24.7 Å². The number of aliphatic carboxylic acids is 1. The van der Waals surface area contributed by atoms with E-state index in [1.165, 1.54) is 6.07 Å². The van der Waals surface area contributed by atoms with Crippen LogP contribution in [0.4, 0.5) is 39.5 Å². The lowest BCUT2D eigenvalue weighted by Gasteiger charge is -2.40. The second-order valence-electron chi connectivity index (χ2n) is 12.7. The summed E-state index contributed by atoms with van der Waals surface area (Å²) in [4.78, 5) is 37.3. The van der Waals surface area contributed by atoms with Gasteiger partial charge in [-0.3, -0.25) is 14.5 Å². The molecule has 18 heteroatoms. The third-order valence-electron chi connectivity index (χ3n) is 9.57. The highest BCUT2D eigenvalue weighted by atomic mass is 19.4. The number of rotatable bonds is 5. The van der Waals surface area contributed by atoms with Crippen molar-refractivity contribution < 1.29 is 68.2 Å². The molecule has 0 aromatic carbocycles. The lowest BCUT2D eigenvalue weighted by molar-refractivity contribution is -0.306. The van der Waals surface area contributed by atoms with Gasteiger partial charge in [-0.15, -0.1) is 0 Å². The molecule has 2 N–H and O–H groups in total. The number of likely N-dealkylation sites (tertiary alicyclic amines) is 2. The fourth-order valence-corrected chi connectivity index (χ4v) is 7.33. The number of carboxylic acid groups (broad SMARTS) is 1. The maximum absolute atomic E-state index is 15.0. The first-order valence-electron chi connectivity index (χ1n) is 15.1. The number of hydrogen-bond donors (Lipinski definition) is 2. The number of carbonyl (C=O) groups excluding carboxylic acids is 2. The van der Waals surface area contributed by atoms with Crippen molar-refractivity contribution in [1.29, 1.82) is 0 Å². The van der Waals surface area contributed by atoms with Gasteiger partial charge in [-0.2, -0.15) is 39.5 Å². The zero-order chi connectivity index (χ0) is 35.2. The van der Waals surface area contributed by atoms with Gasteiger partial charge < -0.3 is 24.5 Å². The van der Waals surface area contributed by atoms with Crippen LogP contribution in [-0.2, 0) is 19.1 Å². The first-order valence-corrected chi connectivity index (χ1v) is 15.1. The average Bonchev–Trinajstić information content (AvgIpc) is 3.71. The zero-order valence-electron chi connectivity index (χ0n) is 25.6. The van der Waals surface area contributed by atoms with Crippen molar-refractivity contribution in [3.05, 3.63) is 23.2 Å². The summed E-state index contributed by atoms with van der Waals surface area (Å²) in [6.07, 6.45) is -11.8. The smallest absolute Gasteiger partial charge is 0.475 e. The molecule has 4 aliphatic rings. The molecular formula is C29H36F9N3O6. The summed E-state index contributed by atoms with van der Waals surface area (Å²) in [5.74, 6) is -3.59. The third kappa shape index (κ3) is 7.08. The van der Waals surface area contributed by atoms with Crippen LogP contribution < -0.4 is 5.32 Å². The highest BCUT2D eigenvalue weighted by Crippen LogP contribution is 2.66.